The number of rotatable bonds is 9. The molecule has 0 radical (unpaired) electrons. The number of unbranched alkanes of at least 4 members (excludes halogenated alkanes) is 1. The lowest BCUT2D eigenvalue weighted by atomic mass is 10.3. The van der Waals surface area contributed by atoms with Gasteiger partial charge in [-0.3, -0.25) is 4.90 Å². The van der Waals surface area contributed by atoms with Gasteiger partial charge in [-0.05, 0) is 25.9 Å². The average Bonchev–Trinajstić information content (AvgIpc) is 2.51. The van der Waals surface area contributed by atoms with Gasteiger partial charge in [-0.25, -0.2) is 0 Å². The van der Waals surface area contributed by atoms with Crippen LogP contribution in [0.25, 0.3) is 0 Å². The van der Waals surface area contributed by atoms with Crippen molar-refractivity contribution >= 4 is 18.6 Å². The Hall–Kier alpha value is 0.114. The monoisotopic (exact) mass is 352 g/mol. The van der Waals surface area contributed by atoms with Crippen LogP contribution >= 0.6 is 0 Å². The number of nitrogens with two attached hydrogens (primary N) is 3. The van der Waals surface area contributed by atoms with Gasteiger partial charge < -0.3 is 35.7 Å². The number of nitrogens with zero attached hydrogens (tertiary/aromatic N) is 1. The van der Waals surface area contributed by atoms with Crippen molar-refractivity contribution in [3.05, 3.63) is 0 Å². The lowest BCUT2D eigenvalue weighted by Crippen LogP contribution is -2.52. The fraction of sp³-hybridized carbons (Fsp3) is 1.00. The van der Waals surface area contributed by atoms with Crippen LogP contribution in [0.4, 0.5) is 0 Å². The van der Waals surface area contributed by atoms with Gasteiger partial charge in [-0.2, -0.15) is 0 Å². The third-order valence-corrected chi connectivity index (χ3v) is 5.46. The molecule has 10 heteroatoms. The lowest BCUT2D eigenvalue weighted by Gasteiger charge is -2.33. The van der Waals surface area contributed by atoms with E-state index in [9.17, 15) is 0 Å². The van der Waals surface area contributed by atoms with Crippen LogP contribution in [-0.2, 0) is 8.85 Å². The summed E-state index contributed by atoms with van der Waals surface area (Å²) in [6.45, 7) is 7.86. The van der Waals surface area contributed by atoms with E-state index >= 15 is 0 Å². The van der Waals surface area contributed by atoms with Crippen molar-refractivity contribution in [2.75, 3.05) is 46.9 Å². The van der Waals surface area contributed by atoms with Crippen molar-refractivity contribution < 1.29 is 8.85 Å². The molecule has 8 N–H and O–H groups in total. The van der Waals surface area contributed by atoms with Gasteiger partial charge in [0.1, 0.15) is 0 Å². The van der Waals surface area contributed by atoms with E-state index in [1.54, 1.807) is 14.2 Å². The number of hydrogen-bond acceptors (Lipinski definition) is 8. The first-order valence-electron chi connectivity index (χ1n) is 8.01. The summed E-state index contributed by atoms with van der Waals surface area (Å²) in [4.78, 5) is 2.50. The average molecular weight is 353 g/mol. The molecule has 1 saturated heterocycles. The first-order chi connectivity index (χ1) is 10.5. The summed E-state index contributed by atoms with van der Waals surface area (Å²) in [5.74, 6) is 0. The van der Waals surface area contributed by atoms with Crippen molar-refractivity contribution in [3.8, 4) is 0 Å². The van der Waals surface area contributed by atoms with Gasteiger partial charge in [0, 0.05) is 40.4 Å². The first-order valence-corrected chi connectivity index (χ1v) is 11.8. The van der Waals surface area contributed by atoms with Gasteiger partial charge in [0.15, 0.2) is 0 Å². The predicted octanol–water partition coefficient (Wildman–Crippen LogP) is -2.30. The molecule has 0 amide bonds. The highest BCUT2D eigenvalue weighted by Gasteiger charge is 2.15. The fourth-order valence-electron chi connectivity index (χ4n) is 2.28. The predicted molar refractivity (Wildman–Crippen MR) is 96.8 cm³/mol. The molecule has 1 heterocycles. The van der Waals surface area contributed by atoms with Gasteiger partial charge in [0.25, 0.3) is 9.28 Å². The smallest absolute Gasteiger partial charge is 0.320 e. The van der Waals surface area contributed by atoms with Gasteiger partial charge in [-0.1, -0.05) is 6.42 Å². The third-order valence-electron chi connectivity index (χ3n) is 3.53. The molecule has 0 spiro atoms. The van der Waals surface area contributed by atoms with E-state index in [-0.39, 0.29) is 0 Å². The lowest BCUT2D eigenvalue weighted by molar-refractivity contribution is 0.157. The minimum atomic E-state index is -1.64. The Morgan fingerprint density at radius 2 is 1.68 bits per heavy atom. The Labute approximate surface area is 138 Å². The zero-order valence-corrected chi connectivity index (χ0v) is 16.7. The maximum atomic E-state index is 5.30. The minimum absolute atomic E-state index is 0.491. The summed E-state index contributed by atoms with van der Waals surface area (Å²) in [5, 5.41) is 21.4. The number of nitrogens with one attached hydrogen (secondary N) is 2. The molecule has 1 rings (SSSR count). The summed E-state index contributed by atoms with van der Waals surface area (Å²) in [5.41, 5.74) is 0. The van der Waals surface area contributed by atoms with Crippen molar-refractivity contribution in [1.29, 1.82) is 0 Å². The van der Waals surface area contributed by atoms with Crippen LogP contribution in [0, 0.1) is 0 Å². The van der Waals surface area contributed by atoms with E-state index in [4.69, 9.17) is 25.0 Å². The summed E-state index contributed by atoms with van der Waals surface area (Å²) in [6.07, 6.45) is 2.89. The highest BCUT2D eigenvalue weighted by Crippen LogP contribution is 2.03. The van der Waals surface area contributed by atoms with E-state index in [2.05, 4.69) is 22.5 Å². The number of piperazine rings is 1. The van der Waals surface area contributed by atoms with E-state index in [0.717, 1.165) is 38.8 Å². The molecule has 8 nitrogen and oxygen atoms in total. The summed E-state index contributed by atoms with van der Waals surface area (Å²) in [6, 6.07) is 1.11. The molecule has 0 aromatic rings. The van der Waals surface area contributed by atoms with Crippen LogP contribution in [0.2, 0.25) is 6.04 Å². The Kier molecular flexibility index (Phi) is 14.8. The SMILES string of the molecule is CO[SiH](CCCCNC(C)N1CCNCC1)OC.N[SiH](N)N. The molecule has 0 aromatic carbocycles. The molecule has 0 aromatic heterocycles. The largest absolute Gasteiger partial charge is 0.400 e. The van der Waals surface area contributed by atoms with Crippen LogP contribution in [0.1, 0.15) is 19.8 Å². The molecule has 1 unspecified atom stereocenters. The van der Waals surface area contributed by atoms with E-state index in [1.165, 1.54) is 12.8 Å². The van der Waals surface area contributed by atoms with Gasteiger partial charge in [0.2, 0.25) is 0 Å². The number of hydrogen-bond donors (Lipinski definition) is 5. The Balaban J connectivity index is 0.000000980. The Bertz CT molecular complexity index is 241. The standard InChI is InChI=1S/C12H29N3O2Si.H7N3Si/c1-12(15-9-7-13-8-10-15)14-6-4-5-11-18(16-2)17-3;1-4(2)3/h12-14,18H,4-11H2,1-3H3;4H,1-3H2. The Morgan fingerprint density at radius 3 is 2.18 bits per heavy atom. The van der Waals surface area contributed by atoms with Gasteiger partial charge in [-0.15, -0.1) is 0 Å². The van der Waals surface area contributed by atoms with Crippen LogP contribution < -0.4 is 26.8 Å². The van der Waals surface area contributed by atoms with E-state index in [1.807, 2.05) is 0 Å². The fourth-order valence-corrected chi connectivity index (χ4v) is 3.56. The normalized spacial score (nSPS) is 17.5. The third kappa shape index (κ3) is 12.6. The van der Waals surface area contributed by atoms with Gasteiger partial charge in [0.05, 0.1) is 6.17 Å². The zero-order chi connectivity index (χ0) is 16.8. The first kappa shape index (κ1) is 22.1. The van der Waals surface area contributed by atoms with Crippen LogP contribution in [0.3, 0.4) is 0 Å². The topological polar surface area (TPSA) is 124 Å². The highest BCUT2D eigenvalue weighted by atomic mass is 28.3. The molecular formula is C12H36N6O2Si2. The second-order valence-corrected chi connectivity index (χ2v) is 8.92. The summed E-state index contributed by atoms with van der Waals surface area (Å²) in [7, 11) is 0.538. The molecule has 22 heavy (non-hydrogen) atoms. The highest BCUT2D eigenvalue weighted by molar-refractivity contribution is 6.47. The van der Waals surface area contributed by atoms with E-state index < -0.39 is 18.6 Å². The molecular weight excluding hydrogens is 316 g/mol. The molecule has 134 valence electrons. The van der Waals surface area contributed by atoms with Crippen molar-refractivity contribution in [2.24, 2.45) is 16.2 Å². The van der Waals surface area contributed by atoms with Crippen molar-refractivity contribution in [1.82, 2.24) is 15.5 Å². The minimum Gasteiger partial charge on any atom is -0.400 e. The Morgan fingerprint density at radius 1 is 1.14 bits per heavy atom. The second kappa shape index (κ2) is 14.7. The molecule has 1 aliphatic rings. The maximum absolute atomic E-state index is 5.30. The molecule has 1 atom stereocenters. The van der Waals surface area contributed by atoms with E-state index in [0.29, 0.717) is 6.17 Å². The molecule has 1 aliphatic heterocycles. The van der Waals surface area contributed by atoms with Crippen LogP contribution in [0.15, 0.2) is 0 Å². The molecule has 0 aliphatic carbocycles. The molecule has 0 bridgehead atoms. The van der Waals surface area contributed by atoms with Crippen molar-refractivity contribution in [3.63, 3.8) is 0 Å². The van der Waals surface area contributed by atoms with Gasteiger partial charge >= 0.3 is 9.28 Å². The molecule has 0 saturated carbocycles. The second-order valence-electron chi connectivity index (χ2n) is 5.39. The molecule has 1 fully saturated rings. The maximum Gasteiger partial charge on any atom is 0.320 e. The quantitative estimate of drug-likeness (QED) is 0.232. The summed E-state index contributed by atoms with van der Waals surface area (Å²) >= 11 is 0. The van der Waals surface area contributed by atoms with Crippen molar-refractivity contribution in [2.45, 2.75) is 32.0 Å². The van der Waals surface area contributed by atoms with Crippen LogP contribution in [0.5, 0.6) is 0 Å². The zero-order valence-electron chi connectivity index (χ0n) is 14.4. The van der Waals surface area contributed by atoms with Crippen LogP contribution in [-0.4, -0.2) is 76.6 Å². The summed E-state index contributed by atoms with van der Waals surface area (Å²) < 4.78 is 10.6.